The van der Waals surface area contributed by atoms with Crippen molar-refractivity contribution in [1.82, 2.24) is 19.7 Å². The zero-order valence-corrected chi connectivity index (χ0v) is 16.5. The van der Waals surface area contributed by atoms with E-state index >= 15 is 0 Å². The molecule has 1 spiro atoms. The van der Waals surface area contributed by atoms with E-state index in [1.807, 2.05) is 28.0 Å². The van der Waals surface area contributed by atoms with Crippen LogP contribution in [0.1, 0.15) is 25.0 Å². The summed E-state index contributed by atoms with van der Waals surface area (Å²) in [6, 6.07) is 5.78. The second-order valence-electron chi connectivity index (χ2n) is 8.16. The van der Waals surface area contributed by atoms with E-state index in [1.54, 1.807) is 6.20 Å². The highest BCUT2D eigenvalue weighted by Gasteiger charge is 2.51. The standard InChI is InChI=1S/C21H30N4O3/c26-19(5-4-18-3-1-2-8-22-18)25-10-7-21(17-25)6-9-24(20(21)27)12-11-23-13-15-28-16-14-23/h1-3,8H,4-7,9-17H2. The summed E-state index contributed by atoms with van der Waals surface area (Å²) in [6.07, 6.45) is 4.55. The molecular weight excluding hydrogens is 356 g/mol. The molecule has 1 atom stereocenters. The predicted octanol–water partition coefficient (Wildman–Crippen LogP) is 0.797. The average Bonchev–Trinajstić information content (AvgIpc) is 3.31. The summed E-state index contributed by atoms with van der Waals surface area (Å²) in [7, 11) is 0. The summed E-state index contributed by atoms with van der Waals surface area (Å²) in [5, 5.41) is 0. The number of morpholine rings is 1. The van der Waals surface area contributed by atoms with Gasteiger partial charge in [0.05, 0.1) is 18.6 Å². The summed E-state index contributed by atoms with van der Waals surface area (Å²) in [5.74, 6) is 0.392. The number of nitrogens with zero attached hydrogens (tertiary/aromatic N) is 4. The van der Waals surface area contributed by atoms with Crippen LogP contribution >= 0.6 is 0 Å². The average molecular weight is 386 g/mol. The van der Waals surface area contributed by atoms with Crippen LogP contribution in [0.3, 0.4) is 0 Å². The molecular formula is C21H30N4O3. The highest BCUT2D eigenvalue weighted by atomic mass is 16.5. The van der Waals surface area contributed by atoms with Crippen LogP contribution in [0.2, 0.25) is 0 Å². The van der Waals surface area contributed by atoms with Gasteiger partial charge < -0.3 is 14.5 Å². The minimum atomic E-state index is -0.342. The highest BCUT2D eigenvalue weighted by Crippen LogP contribution is 2.40. The van der Waals surface area contributed by atoms with E-state index in [1.165, 1.54) is 0 Å². The lowest BCUT2D eigenvalue weighted by molar-refractivity contribution is -0.136. The monoisotopic (exact) mass is 386 g/mol. The molecule has 152 valence electrons. The lowest BCUT2D eigenvalue weighted by atomic mass is 9.85. The number of pyridine rings is 1. The first-order valence-corrected chi connectivity index (χ1v) is 10.4. The Labute approximate surface area is 166 Å². The lowest BCUT2D eigenvalue weighted by Crippen LogP contribution is -2.43. The number of aromatic nitrogens is 1. The van der Waals surface area contributed by atoms with Crippen molar-refractivity contribution in [3.63, 3.8) is 0 Å². The molecule has 2 amide bonds. The van der Waals surface area contributed by atoms with Gasteiger partial charge in [0.15, 0.2) is 0 Å². The lowest BCUT2D eigenvalue weighted by Gasteiger charge is -2.29. The van der Waals surface area contributed by atoms with Crippen LogP contribution in [0, 0.1) is 5.41 Å². The van der Waals surface area contributed by atoms with Crippen molar-refractivity contribution >= 4 is 11.8 Å². The smallest absolute Gasteiger partial charge is 0.230 e. The van der Waals surface area contributed by atoms with Gasteiger partial charge >= 0.3 is 0 Å². The molecule has 0 N–H and O–H groups in total. The Morgan fingerprint density at radius 1 is 1.11 bits per heavy atom. The molecule has 0 radical (unpaired) electrons. The second kappa shape index (κ2) is 8.57. The minimum absolute atomic E-state index is 0.141. The van der Waals surface area contributed by atoms with E-state index < -0.39 is 0 Å². The van der Waals surface area contributed by atoms with Crippen molar-refractivity contribution in [2.24, 2.45) is 5.41 Å². The Bertz CT molecular complexity index is 692. The fourth-order valence-electron chi connectivity index (χ4n) is 4.60. The maximum Gasteiger partial charge on any atom is 0.230 e. The van der Waals surface area contributed by atoms with Crippen molar-refractivity contribution in [2.75, 3.05) is 59.0 Å². The third kappa shape index (κ3) is 4.20. The van der Waals surface area contributed by atoms with Crippen molar-refractivity contribution < 1.29 is 14.3 Å². The molecule has 1 aromatic rings. The van der Waals surface area contributed by atoms with Gasteiger partial charge in [-0.25, -0.2) is 0 Å². The van der Waals surface area contributed by atoms with Gasteiger partial charge in [0.2, 0.25) is 11.8 Å². The zero-order chi connectivity index (χ0) is 19.4. The van der Waals surface area contributed by atoms with E-state index in [-0.39, 0.29) is 17.2 Å². The molecule has 28 heavy (non-hydrogen) atoms. The number of hydrogen-bond acceptors (Lipinski definition) is 5. The Morgan fingerprint density at radius 2 is 1.93 bits per heavy atom. The molecule has 7 heteroatoms. The van der Waals surface area contributed by atoms with Crippen molar-refractivity contribution in [2.45, 2.75) is 25.7 Å². The molecule has 4 rings (SSSR count). The highest BCUT2D eigenvalue weighted by molar-refractivity contribution is 5.87. The molecule has 0 aliphatic carbocycles. The van der Waals surface area contributed by atoms with E-state index in [2.05, 4.69) is 9.88 Å². The van der Waals surface area contributed by atoms with Gasteiger partial charge in [-0.1, -0.05) is 6.07 Å². The number of likely N-dealkylation sites (tertiary alicyclic amines) is 2. The van der Waals surface area contributed by atoms with Crippen molar-refractivity contribution in [3.8, 4) is 0 Å². The molecule has 3 aliphatic heterocycles. The van der Waals surface area contributed by atoms with Gasteiger partial charge in [0, 0.05) is 64.1 Å². The van der Waals surface area contributed by atoms with Gasteiger partial charge in [-0.05, 0) is 31.4 Å². The number of hydrogen-bond donors (Lipinski definition) is 0. The summed E-state index contributed by atoms with van der Waals surface area (Å²) < 4.78 is 5.39. The number of aryl methyl sites for hydroxylation is 1. The molecule has 0 saturated carbocycles. The Kier molecular flexibility index (Phi) is 5.92. The van der Waals surface area contributed by atoms with Crippen LogP contribution in [0.4, 0.5) is 0 Å². The van der Waals surface area contributed by atoms with E-state index in [0.29, 0.717) is 25.9 Å². The van der Waals surface area contributed by atoms with Crippen LogP contribution in [0.25, 0.3) is 0 Å². The third-order valence-corrected chi connectivity index (χ3v) is 6.42. The maximum atomic E-state index is 13.1. The summed E-state index contributed by atoms with van der Waals surface area (Å²) >= 11 is 0. The molecule has 3 saturated heterocycles. The second-order valence-corrected chi connectivity index (χ2v) is 8.16. The van der Waals surface area contributed by atoms with Crippen LogP contribution in [-0.4, -0.2) is 90.5 Å². The molecule has 3 fully saturated rings. The fraction of sp³-hybridized carbons (Fsp3) is 0.667. The Balaban J connectivity index is 1.26. The van der Waals surface area contributed by atoms with Gasteiger partial charge in [-0.3, -0.25) is 19.5 Å². The first-order valence-electron chi connectivity index (χ1n) is 10.4. The largest absolute Gasteiger partial charge is 0.379 e. The number of carbonyl (C=O) groups excluding carboxylic acids is 2. The molecule has 7 nitrogen and oxygen atoms in total. The van der Waals surface area contributed by atoms with Crippen LogP contribution < -0.4 is 0 Å². The first-order chi connectivity index (χ1) is 13.7. The molecule has 0 bridgehead atoms. The number of ether oxygens (including phenoxy) is 1. The van der Waals surface area contributed by atoms with Crippen molar-refractivity contribution in [3.05, 3.63) is 30.1 Å². The topological polar surface area (TPSA) is 66.0 Å². The molecule has 0 aromatic carbocycles. The molecule has 4 heterocycles. The van der Waals surface area contributed by atoms with Gasteiger partial charge in [-0.2, -0.15) is 0 Å². The van der Waals surface area contributed by atoms with Crippen molar-refractivity contribution in [1.29, 1.82) is 0 Å². The number of amides is 2. The van der Waals surface area contributed by atoms with Gasteiger partial charge in [0.25, 0.3) is 0 Å². The third-order valence-electron chi connectivity index (χ3n) is 6.42. The van der Waals surface area contributed by atoms with Crippen LogP contribution in [0.15, 0.2) is 24.4 Å². The van der Waals surface area contributed by atoms with E-state index in [0.717, 1.165) is 64.5 Å². The minimum Gasteiger partial charge on any atom is -0.379 e. The molecule has 1 aromatic heterocycles. The summed E-state index contributed by atoms with van der Waals surface area (Å²) in [6.45, 7) is 7.27. The SMILES string of the molecule is O=C(CCc1ccccn1)N1CCC2(CCN(CCN3CCOCC3)C2=O)C1. The Morgan fingerprint density at radius 3 is 2.71 bits per heavy atom. The van der Waals surface area contributed by atoms with Gasteiger partial charge in [0.1, 0.15) is 0 Å². The zero-order valence-electron chi connectivity index (χ0n) is 16.5. The summed E-state index contributed by atoms with van der Waals surface area (Å²) in [4.78, 5) is 36.3. The fourth-order valence-corrected chi connectivity index (χ4v) is 4.60. The predicted molar refractivity (Wildman–Crippen MR) is 105 cm³/mol. The van der Waals surface area contributed by atoms with Crippen LogP contribution in [0.5, 0.6) is 0 Å². The normalized spacial score (nSPS) is 25.8. The van der Waals surface area contributed by atoms with E-state index in [4.69, 9.17) is 4.74 Å². The van der Waals surface area contributed by atoms with Crippen LogP contribution in [-0.2, 0) is 20.7 Å². The quantitative estimate of drug-likeness (QED) is 0.724. The van der Waals surface area contributed by atoms with E-state index in [9.17, 15) is 9.59 Å². The maximum absolute atomic E-state index is 13.1. The Hall–Kier alpha value is -1.99. The first kappa shape index (κ1) is 19.3. The molecule has 1 unspecified atom stereocenters. The number of carbonyl (C=O) groups is 2. The number of rotatable bonds is 6. The molecule has 3 aliphatic rings. The van der Waals surface area contributed by atoms with Gasteiger partial charge in [-0.15, -0.1) is 0 Å². The summed E-state index contributed by atoms with van der Waals surface area (Å²) in [5.41, 5.74) is 0.599.